The second-order valence-electron chi connectivity index (χ2n) is 6.61. The summed E-state index contributed by atoms with van der Waals surface area (Å²) >= 11 is 0. The van der Waals surface area contributed by atoms with Crippen molar-refractivity contribution in [1.29, 1.82) is 0 Å². The Morgan fingerprint density at radius 3 is 2.80 bits per heavy atom. The molecule has 0 atom stereocenters. The number of nitrogens with zero attached hydrogens (tertiary/aromatic N) is 2. The second kappa shape index (κ2) is 6.97. The zero-order chi connectivity index (χ0) is 18.0. The Bertz CT molecular complexity index is 911. The number of carbonyl (C=O) groups excluding carboxylic acids is 1. The van der Waals surface area contributed by atoms with Gasteiger partial charge in [0.15, 0.2) is 0 Å². The number of nitrogens with one attached hydrogen (secondary N) is 2. The minimum absolute atomic E-state index is 0.0130. The molecule has 25 heavy (non-hydrogen) atoms. The number of benzene rings is 1. The first-order valence-electron chi connectivity index (χ1n) is 8.41. The first-order valence-corrected chi connectivity index (χ1v) is 8.41. The van der Waals surface area contributed by atoms with E-state index in [9.17, 15) is 4.79 Å². The number of amides is 1. The minimum Gasteiger partial charge on any atom is -0.362 e. The van der Waals surface area contributed by atoms with Crippen molar-refractivity contribution >= 4 is 22.6 Å². The molecule has 0 fully saturated rings. The molecule has 0 saturated carbocycles. The molecule has 3 rings (SSSR count). The van der Waals surface area contributed by atoms with Crippen LogP contribution in [-0.2, 0) is 17.8 Å². The zero-order valence-electron chi connectivity index (χ0n) is 15.2. The Morgan fingerprint density at radius 1 is 1.24 bits per heavy atom. The van der Waals surface area contributed by atoms with Gasteiger partial charge in [0.1, 0.15) is 5.82 Å². The van der Waals surface area contributed by atoms with Crippen LogP contribution in [0.4, 0.5) is 5.82 Å². The number of aryl methyl sites for hydroxylation is 2. The highest BCUT2D eigenvalue weighted by Gasteiger charge is 2.13. The summed E-state index contributed by atoms with van der Waals surface area (Å²) in [6.07, 6.45) is 2.13. The third-order valence-corrected chi connectivity index (χ3v) is 4.38. The Labute approximate surface area is 148 Å². The van der Waals surface area contributed by atoms with Gasteiger partial charge in [-0.3, -0.25) is 4.79 Å². The summed E-state index contributed by atoms with van der Waals surface area (Å²) in [4.78, 5) is 22.2. The van der Waals surface area contributed by atoms with Gasteiger partial charge in [-0.25, -0.2) is 4.98 Å². The fourth-order valence-corrected chi connectivity index (χ4v) is 3.11. The lowest BCUT2D eigenvalue weighted by atomic mass is 10.1. The Morgan fingerprint density at radius 2 is 2.04 bits per heavy atom. The SMILES string of the molecule is Cc1ccc2[nH]c(C)c(CC(=O)NCc3cccnc3N(C)C)c2c1. The van der Waals surface area contributed by atoms with E-state index in [1.54, 1.807) is 6.20 Å². The van der Waals surface area contributed by atoms with Gasteiger partial charge >= 0.3 is 0 Å². The number of anilines is 1. The van der Waals surface area contributed by atoms with Crippen LogP contribution in [0.15, 0.2) is 36.5 Å². The van der Waals surface area contributed by atoms with Crippen molar-refractivity contribution < 1.29 is 4.79 Å². The number of hydrogen-bond acceptors (Lipinski definition) is 3. The van der Waals surface area contributed by atoms with Gasteiger partial charge in [-0.05, 0) is 37.6 Å². The van der Waals surface area contributed by atoms with Gasteiger partial charge in [0.25, 0.3) is 0 Å². The average Bonchev–Trinajstić information content (AvgIpc) is 2.88. The number of aromatic amines is 1. The molecule has 2 N–H and O–H groups in total. The molecule has 0 aliphatic heterocycles. The topological polar surface area (TPSA) is 61.0 Å². The molecule has 2 heterocycles. The highest BCUT2D eigenvalue weighted by atomic mass is 16.1. The van der Waals surface area contributed by atoms with Crippen LogP contribution in [0.2, 0.25) is 0 Å². The van der Waals surface area contributed by atoms with Gasteiger partial charge in [-0.1, -0.05) is 17.7 Å². The molecule has 0 unspecified atom stereocenters. The van der Waals surface area contributed by atoms with Crippen LogP contribution in [0, 0.1) is 13.8 Å². The maximum Gasteiger partial charge on any atom is 0.224 e. The molecule has 130 valence electrons. The maximum absolute atomic E-state index is 12.5. The predicted molar refractivity (Wildman–Crippen MR) is 102 cm³/mol. The van der Waals surface area contributed by atoms with Gasteiger partial charge in [-0.2, -0.15) is 0 Å². The summed E-state index contributed by atoms with van der Waals surface area (Å²) in [6, 6.07) is 10.2. The maximum atomic E-state index is 12.5. The number of carbonyl (C=O) groups is 1. The van der Waals surface area contributed by atoms with Crippen molar-refractivity contribution in [2.24, 2.45) is 0 Å². The van der Waals surface area contributed by atoms with Gasteiger partial charge in [0.05, 0.1) is 6.42 Å². The normalized spacial score (nSPS) is 10.9. The monoisotopic (exact) mass is 336 g/mol. The molecular weight excluding hydrogens is 312 g/mol. The van der Waals surface area contributed by atoms with Crippen LogP contribution < -0.4 is 10.2 Å². The van der Waals surface area contributed by atoms with Crippen LogP contribution in [0.25, 0.3) is 10.9 Å². The first kappa shape index (κ1) is 17.0. The van der Waals surface area contributed by atoms with Gasteiger partial charge in [0, 0.05) is 49.0 Å². The lowest BCUT2D eigenvalue weighted by Crippen LogP contribution is -2.26. The number of hydrogen-bond donors (Lipinski definition) is 2. The quantitative estimate of drug-likeness (QED) is 0.752. The van der Waals surface area contributed by atoms with Crippen molar-refractivity contribution in [2.45, 2.75) is 26.8 Å². The van der Waals surface area contributed by atoms with E-state index in [1.165, 1.54) is 5.56 Å². The molecule has 1 amide bonds. The standard InChI is InChI=1S/C20H24N4O/c1-13-7-8-18-17(10-13)16(14(2)23-18)11-19(25)22-12-15-6-5-9-21-20(15)24(3)4/h5-10,23H,11-12H2,1-4H3,(H,22,25). The second-order valence-corrected chi connectivity index (χ2v) is 6.61. The number of fused-ring (bicyclic) bond motifs is 1. The van der Waals surface area contributed by atoms with Crippen LogP contribution in [0.3, 0.4) is 0 Å². The Kier molecular flexibility index (Phi) is 4.74. The van der Waals surface area contributed by atoms with Gasteiger partial charge in [-0.15, -0.1) is 0 Å². The summed E-state index contributed by atoms with van der Waals surface area (Å²) < 4.78 is 0. The van der Waals surface area contributed by atoms with Crippen LogP contribution >= 0.6 is 0 Å². The number of H-pyrrole nitrogens is 1. The van der Waals surface area contributed by atoms with E-state index in [1.807, 2.05) is 38.1 Å². The molecule has 0 radical (unpaired) electrons. The molecule has 0 bridgehead atoms. The third kappa shape index (κ3) is 3.65. The molecule has 1 aromatic carbocycles. The van der Waals surface area contributed by atoms with Gasteiger partial charge < -0.3 is 15.2 Å². The van der Waals surface area contributed by atoms with E-state index in [-0.39, 0.29) is 5.91 Å². The van der Waals surface area contributed by atoms with Crippen molar-refractivity contribution in [3.8, 4) is 0 Å². The highest BCUT2D eigenvalue weighted by Crippen LogP contribution is 2.24. The van der Waals surface area contributed by atoms with Crippen molar-refractivity contribution in [3.63, 3.8) is 0 Å². The molecule has 3 aromatic rings. The van der Waals surface area contributed by atoms with E-state index >= 15 is 0 Å². The molecule has 0 spiro atoms. The highest BCUT2D eigenvalue weighted by molar-refractivity contribution is 5.90. The predicted octanol–water partition coefficient (Wildman–Crippen LogP) is 3.10. The van der Waals surface area contributed by atoms with E-state index in [0.717, 1.165) is 33.5 Å². The number of aromatic nitrogens is 2. The number of pyridine rings is 1. The molecular formula is C20H24N4O. The van der Waals surface area contributed by atoms with Crippen LogP contribution in [0.1, 0.15) is 22.4 Å². The van der Waals surface area contributed by atoms with Crippen molar-refractivity contribution in [2.75, 3.05) is 19.0 Å². The fraction of sp³-hybridized carbons (Fsp3) is 0.300. The average molecular weight is 336 g/mol. The van der Waals surface area contributed by atoms with E-state index < -0.39 is 0 Å². The zero-order valence-corrected chi connectivity index (χ0v) is 15.2. The molecule has 5 nitrogen and oxygen atoms in total. The molecule has 0 aliphatic carbocycles. The molecule has 5 heteroatoms. The van der Waals surface area contributed by atoms with E-state index in [0.29, 0.717) is 13.0 Å². The molecule has 0 aliphatic rings. The summed E-state index contributed by atoms with van der Waals surface area (Å²) in [5.74, 6) is 0.890. The summed E-state index contributed by atoms with van der Waals surface area (Å²) in [6.45, 7) is 4.56. The lowest BCUT2D eigenvalue weighted by Gasteiger charge is -2.16. The summed E-state index contributed by atoms with van der Waals surface area (Å²) in [5, 5.41) is 4.15. The Hall–Kier alpha value is -2.82. The van der Waals surface area contributed by atoms with Crippen molar-refractivity contribution in [3.05, 3.63) is 58.9 Å². The van der Waals surface area contributed by atoms with Crippen LogP contribution in [0.5, 0.6) is 0 Å². The smallest absolute Gasteiger partial charge is 0.224 e. The third-order valence-electron chi connectivity index (χ3n) is 4.38. The van der Waals surface area contributed by atoms with E-state index in [2.05, 4.69) is 40.4 Å². The fourth-order valence-electron chi connectivity index (χ4n) is 3.11. The molecule has 0 saturated heterocycles. The lowest BCUT2D eigenvalue weighted by molar-refractivity contribution is -0.120. The minimum atomic E-state index is 0.0130. The number of rotatable bonds is 5. The van der Waals surface area contributed by atoms with Crippen molar-refractivity contribution in [1.82, 2.24) is 15.3 Å². The first-order chi connectivity index (χ1) is 12.0. The van der Waals surface area contributed by atoms with Crippen LogP contribution in [-0.4, -0.2) is 30.0 Å². The van der Waals surface area contributed by atoms with Gasteiger partial charge in [0.2, 0.25) is 5.91 Å². The summed E-state index contributed by atoms with van der Waals surface area (Å²) in [5.41, 5.74) is 5.39. The largest absolute Gasteiger partial charge is 0.362 e. The molecule has 2 aromatic heterocycles. The summed E-state index contributed by atoms with van der Waals surface area (Å²) in [7, 11) is 3.90. The van der Waals surface area contributed by atoms with E-state index in [4.69, 9.17) is 0 Å². The Balaban J connectivity index is 1.74.